The smallest absolute Gasteiger partial charge is 0.198 e. The van der Waals surface area contributed by atoms with Gasteiger partial charge in [-0.2, -0.15) is 0 Å². The SMILES string of the molecule is CC(C)(C)c1ccc(Nc2cc3c(cc2-c2ccc4c5cc6oc7ccccc7c6cc5n5c4c2Bc2cc4nc(-c6ccccc6)n(-c6ccccc6)c4cc2-5)oc2cc(C(C)(C)C)ccc23)cc1. The molecule has 14 rings (SSSR count). The number of hydrogen-bond donors (Lipinski definition) is 1. The van der Waals surface area contributed by atoms with Crippen molar-refractivity contribution in [2.45, 2.75) is 52.4 Å². The number of furan rings is 2. The molecule has 0 bridgehead atoms. The van der Waals surface area contributed by atoms with Crippen molar-refractivity contribution in [3.05, 3.63) is 187 Å². The molecule has 4 aromatic heterocycles. The zero-order chi connectivity index (χ0) is 47.2. The highest BCUT2D eigenvalue weighted by Crippen LogP contribution is 2.44. The van der Waals surface area contributed by atoms with E-state index in [-0.39, 0.29) is 10.8 Å². The molecule has 0 unspecified atom stereocenters. The highest BCUT2D eigenvalue weighted by atomic mass is 16.3. The molecule has 1 N–H and O–H groups in total. The third kappa shape index (κ3) is 6.17. The number of benzene rings is 9. The van der Waals surface area contributed by atoms with Crippen LogP contribution in [0.3, 0.4) is 0 Å². The normalized spacial score (nSPS) is 12.8. The van der Waals surface area contributed by atoms with Crippen LogP contribution in [0.4, 0.5) is 11.4 Å². The second kappa shape index (κ2) is 14.6. The third-order valence-electron chi connectivity index (χ3n) is 14.8. The molecule has 70 heavy (non-hydrogen) atoms. The Labute approximate surface area is 406 Å². The van der Waals surface area contributed by atoms with Crippen molar-refractivity contribution in [1.29, 1.82) is 0 Å². The summed E-state index contributed by atoms with van der Waals surface area (Å²) in [7, 11) is 0.707. The minimum Gasteiger partial charge on any atom is -0.456 e. The number of aromatic nitrogens is 3. The Morgan fingerprint density at radius 1 is 0.486 bits per heavy atom. The predicted octanol–water partition coefficient (Wildman–Crippen LogP) is 15.3. The van der Waals surface area contributed by atoms with E-state index in [0.717, 1.165) is 111 Å². The van der Waals surface area contributed by atoms with Crippen LogP contribution in [0.1, 0.15) is 52.7 Å². The second-order valence-electron chi connectivity index (χ2n) is 21.3. The molecule has 13 aromatic rings. The lowest BCUT2D eigenvalue weighted by Crippen LogP contribution is -2.37. The molecule has 0 saturated carbocycles. The molecule has 0 fully saturated rings. The predicted molar refractivity (Wildman–Crippen MR) is 294 cm³/mol. The van der Waals surface area contributed by atoms with E-state index in [1.165, 1.54) is 33.0 Å². The van der Waals surface area contributed by atoms with Crippen molar-refractivity contribution in [3.63, 3.8) is 0 Å². The fraction of sp³-hybridized carbons (Fsp3) is 0.127. The number of nitrogens with zero attached hydrogens (tertiary/aromatic N) is 3. The van der Waals surface area contributed by atoms with Crippen LogP contribution in [0.5, 0.6) is 0 Å². The summed E-state index contributed by atoms with van der Waals surface area (Å²) in [6.07, 6.45) is 0. The Bertz CT molecular complexity index is 4290. The van der Waals surface area contributed by atoms with Crippen LogP contribution in [-0.2, 0) is 10.8 Å². The average Bonchev–Trinajstić information content (AvgIpc) is 4.12. The first kappa shape index (κ1) is 40.8. The molecule has 0 amide bonds. The summed E-state index contributed by atoms with van der Waals surface area (Å²) in [6, 6.07) is 63.7. The molecule has 0 spiro atoms. The monoisotopic (exact) mass is 904 g/mol. The van der Waals surface area contributed by atoms with E-state index in [2.05, 4.69) is 226 Å². The third-order valence-corrected chi connectivity index (χ3v) is 14.8. The van der Waals surface area contributed by atoms with Crippen LogP contribution in [0, 0.1) is 0 Å². The molecule has 9 aromatic carbocycles. The number of nitrogens with one attached hydrogen (secondary N) is 1. The Morgan fingerprint density at radius 2 is 1.14 bits per heavy atom. The van der Waals surface area contributed by atoms with Gasteiger partial charge in [0, 0.05) is 71.7 Å². The number of rotatable bonds is 5. The minimum absolute atomic E-state index is 0.0128. The summed E-state index contributed by atoms with van der Waals surface area (Å²) < 4.78 is 18.3. The van der Waals surface area contributed by atoms with E-state index in [1.54, 1.807) is 0 Å². The summed E-state index contributed by atoms with van der Waals surface area (Å²) in [4.78, 5) is 5.45. The average molecular weight is 905 g/mol. The fourth-order valence-corrected chi connectivity index (χ4v) is 11.2. The standard InChI is InChI=1S/C63H49BN4O2/c1-62(2,3)37-21-24-39(25-22-37)65-50-30-47-42-26-23-38(63(4,5)6)29-56(42)70-57(47)32-45(50)43-27-28-44-46-33-58-48(41-19-13-14-20-55(41)69-58)31-52(46)68-53-35-54-51(34-49(53)64-59(43)60(44)68)66-61(36-15-9-7-10-16-36)67(54)40-17-11-8-12-18-40/h7-35,64-65H,1-6H3. The maximum absolute atomic E-state index is 6.86. The van der Waals surface area contributed by atoms with Crippen LogP contribution in [0.15, 0.2) is 185 Å². The van der Waals surface area contributed by atoms with Gasteiger partial charge in [-0.3, -0.25) is 4.57 Å². The highest BCUT2D eigenvalue weighted by molar-refractivity contribution is 6.73. The van der Waals surface area contributed by atoms with Crippen molar-refractivity contribution < 1.29 is 8.83 Å². The number of fused-ring (bicyclic) bond motifs is 12. The van der Waals surface area contributed by atoms with Crippen molar-refractivity contribution in [2.75, 3.05) is 5.32 Å². The zero-order valence-electron chi connectivity index (χ0n) is 40.1. The fourth-order valence-electron chi connectivity index (χ4n) is 11.2. The summed E-state index contributed by atoms with van der Waals surface area (Å²) >= 11 is 0. The van der Waals surface area contributed by atoms with Crippen LogP contribution < -0.4 is 16.2 Å². The summed E-state index contributed by atoms with van der Waals surface area (Å²) in [5.41, 5.74) is 20.5. The first-order chi connectivity index (χ1) is 33.9. The summed E-state index contributed by atoms with van der Waals surface area (Å²) in [6.45, 7) is 13.5. The molecule has 336 valence electrons. The van der Waals surface area contributed by atoms with Gasteiger partial charge in [0.25, 0.3) is 0 Å². The Morgan fingerprint density at radius 3 is 1.93 bits per heavy atom. The molecular formula is C63H49BN4O2. The van der Waals surface area contributed by atoms with Crippen molar-refractivity contribution in [3.8, 4) is 33.9 Å². The van der Waals surface area contributed by atoms with Crippen LogP contribution in [0.25, 0.3) is 111 Å². The van der Waals surface area contributed by atoms with Gasteiger partial charge in [0.2, 0.25) is 0 Å². The van der Waals surface area contributed by atoms with Gasteiger partial charge in [-0.15, -0.1) is 0 Å². The summed E-state index contributed by atoms with van der Waals surface area (Å²) in [5.74, 6) is 0.913. The molecule has 5 heterocycles. The summed E-state index contributed by atoms with van der Waals surface area (Å²) in [5, 5.41) is 10.7. The molecule has 0 radical (unpaired) electrons. The van der Waals surface area contributed by atoms with Gasteiger partial charge in [-0.25, -0.2) is 4.98 Å². The lowest BCUT2D eigenvalue weighted by molar-refractivity contribution is 0.587. The number of para-hydroxylation sites is 2. The van der Waals surface area contributed by atoms with E-state index < -0.39 is 0 Å². The van der Waals surface area contributed by atoms with Crippen LogP contribution in [0.2, 0.25) is 0 Å². The lowest BCUT2D eigenvalue weighted by atomic mass is 9.59. The maximum Gasteiger partial charge on any atom is 0.198 e. The molecule has 1 aliphatic heterocycles. The van der Waals surface area contributed by atoms with Crippen LogP contribution in [-0.4, -0.2) is 21.4 Å². The van der Waals surface area contributed by atoms with Gasteiger partial charge in [0.15, 0.2) is 7.28 Å². The lowest BCUT2D eigenvalue weighted by Gasteiger charge is -2.24. The maximum atomic E-state index is 6.86. The number of anilines is 2. The molecule has 0 aliphatic carbocycles. The molecular weight excluding hydrogens is 856 g/mol. The number of imidazole rings is 1. The van der Waals surface area contributed by atoms with Gasteiger partial charge >= 0.3 is 0 Å². The molecule has 7 heteroatoms. The van der Waals surface area contributed by atoms with Crippen molar-refractivity contribution in [2.24, 2.45) is 0 Å². The highest BCUT2D eigenvalue weighted by Gasteiger charge is 2.30. The second-order valence-corrected chi connectivity index (χ2v) is 21.3. The van der Waals surface area contributed by atoms with E-state index in [1.807, 2.05) is 6.07 Å². The van der Waals surface area contributed by atoms with Gasteiger partial charge in [-0.05, 0) is 106 Å². The van der Waals surface area contributed by atoms with Crippen molar-refractivity contribution >= 4 is 106 Å². The topological polar surface area (TPSA) is 61.1 Å². The van der Waals surface area contributed by atoms with Gasteiger partial charge in [-0.1, -0.05) is 150 Å². The van der Waals surface area contributed by atoms with Gasteiger partial charge in [0.1, 0.15) is 28.2 Å². The Hall–Kier alpha value is -8.29. The molecule has 0 atom stereocenters. The molecule has 0 saturated heterocycles. The zero-order valence-corrected chi connectivity index (χ0v) is 40.1. The molecule has 1 aliphatic rings. The Balaban J connectivity index is 1.06. The first-order valence-corrected chi connectivity index (χ1v) is 24.4. The largest absolute Gasteiger partial charge is 0.456 e. The van der Waals surface area contributed by atoms with Crippen LogP contribution >= 0.6 is 0 Å². The van der Waals surface area contributed by atoms with E-state index in [9.17, 15) is 0 Å². The minimum atomic E-state index is -0.0128. The Kier molecular flexibility index (Phi) is 8.51. The molecule has 6 nitrogen and oxygen atoms in total. The number of hydrogen-bond acceptors (Lipinski definition) is 4. The first-order valence-electron chi connectivity index (χ1n) is 24.4. The van der Waals surface area contributed by atoms with E-state index in [4.69, 9.17) is 13.8 Å². The van der Waals surface area contributed by atoms with Gasteiger partial charge in [0.05, 0.1) is 16.6 Å². The van der Waals surface area contributed by atoms with E-state index >= 15 is 0 Å². The van der Waals surface area contributed by atoms with Crippen molar-refractivity contribution in [1.82, 2.24) is 14.1 Å². The quantitative estimate of drug-likeness (QED) is 0.175. The van der Waals surface area contributed by atoms with Gasteiger partial charge < -0.3 is 18.7 Å². The van der Waals surface area contributed by atoms with E-state index in [0.29, 0.717) is 7.28 Å².